The fourth-order valence-corrected chi connectivity index (χ4v) is 3.55. The summed E-state index contributed by atoms with van der Waals surface area (Å²) in [6, 6.07) is 5.62. The number of benzene rings is 1. The molecule has 4 rings (SSSR count). The molecule has 2 aromatic rings. The zero-order valence-corrected chi connectivity index (χ0v) is 16.9. The predicted molar refractivity (Wildman–Crippen MR) is 110 cm³/mol. The van der Waals surface area contributed by atoms with Gasteiger partial charge in [-0.25, -0.2) is 9.59 Å². The number of aromatic carboxylic acids is 1. The standard InChI is InChI=1S/C22H25N3O4/c1-22(2,3)29-21(28)25-10-8-24(9-11-25)17-7-6-15-12-16(20(26)27)13-23-19(15)18(17)14-4-5-14/h6-8,10,12-14H,4-5,9,11H2,1-3H3,(H,26,27). The van der Waals surface area contributed by atoms with Crippen LogP contribution in [-0.4, -0.2) is 45.7 Å². The van der Waals surface area contributed by atoms with E-state index in [0.29, 0.717) is 19.0 Å². The molecule has 1 aromatic heterocycles. The van der Waals surface area contributed by atoms with Crippen molar-refractivity contribution in [3.05, 3.63) is 47.9 Å². The molecule has 152 valence electrons. The van der Waals surface area contributed by atoms with Crippen molar-refractivity contribution < 1.29 is 19.4 Å². The number of pyridine rings is 1. The lowest BCUT2D eigenvalue weighted by Crippen LogP contribution is -2.41. The third-order valence-electron chi connectivity index (χ3n) is 5.05. The van der Waals surface area contributed by atoms with Gasteiger partial charge in [-0.05, 0) is 51.7 Å². The minimum absolute atomic E-state index is 0.192. The third-order valence-corrected chi connectivity index (χ3v) is 5.05. The van der Waals surface area contributed by atoms with Crippen LogP contribution in [0.15, 0.2) is 36.8 Å². The Hall–Kier alpha value is -3.09. The third kappa shape index (κ3) is 4.04. The summed E-state index contributed by atoms with van der Waals surface area (Å²) in [6.45, 7) is 6.73. The van der Waals surface area contributed by atoms with Gasteiger partial charge in [-0.2, -0.15) is 0 Å². The van der Waals surface area contributed by atoms with E-state index in [2.05, 4.69) is 9.88 Å². The second kappa shape index (κ2) is 7.06. The minimum Gasteiger partial charge on any atom is -0.478 e. The maximum atomic E-state index is 12.3. The highest BCUT2D eigenvalue weighted by Gasteiger charge is 2.31. The first-order valence-corrected chi connectivity index (χ1v) is 9.83. The zero-order chi connectivity index (χ0) is 20.8. The van der Waals surface area contributed by atoms with E-state index in [1.807, 2.05) is 39.1 Å². The van der Waals surface area contributed by atoms with Crippen molar-refractivity contribution in [2.45, 2.75) is 45.1 Å². The average Bonchev–Trinajstić information content (AvgIpc) is 3.50. The van der Waals surface area contributed by atoms with Crippen molar-refractivity contribution in [2.75, 3.05) is 18.0 Å². The van der Waals surface area contributed by atoms with Crippen LogP contribution in [0.1, 0.15) is 55.5 Å². The highest BCUT2D eigenvalue weighted by Crippen LogP contribution is 2.47. The summed E-state index contributed by atoms with van der Waals surface area (Å²) in [7, 11) is 0. The molecule has 0 spiro atoms. The van der Waals surface area contributed by atoms with E-state index in [-0.39, 0.29) is 11.7 Å². The van der Waals surface area contributed by atoms with Crippen LogP contribution in [0.4, 0.5) is 10.5 Å². The van der Waals surface area contributed by atoms with Crippen LogP contribution in [0.25, 0.3) is 10.9 Å². The molecule has 0 bridgehead atoms. The molecule has 1 aliphatic carbocycles. The summed E-state index contributed by atoms with van der Waals surface area (Å²) >= 11 is 0. The van der Waals surface area contributed by atoms with Gasteiger partial charge in [0.05, 0.1) is 11.1 Å². The summed E-state index contributed by atoms with van der Waals surface area (Å²) < 4.78 is 5.44. The molecule has 1 N–H and O–H groups in total. The smallest absolute Gasteiger partial charge is 0.414 e. The number of carboxylic acids is 1. The van der Waals surface area contributed by atoms with Gasteiger partial charge in [0, 0.05) is 48.3 Å². The SMILES string of the molecule is CC(C)(C)OC(=O)N1C=CN(c2ccc3cc(C(=O)O)cnc3c2C2CC2)CC1. The average molecular weight is 395 g/mol. The van der Waals surface area contributed by atoms with E-state index in [4.69, 9.17) is 4.74 Å². The number of carbonyl (C=O) groups is 2. The number of aromatic nitrogens is 1. The van der Waals surface area contributed by atoms with Gasteiger partial charge in [0.15, 0.2) is 0 Å². The molecule has 0 saturated heterocycles. The van der Waals surface area contributed by atoms with Crippen molar-refractivity contribution >= 4 is 28.7 Å². The largest absolute Gasteiger partial charge is 0.478 e. The van der Waals surface area contributed by atoms with E-state index >= 15 is 0 Å². The summed E-state index contributed by atoms with van der Waals surface area (Å²) in [5.41, 5.74) is 2.75. The number of ether oxygens (including phenoxy) is 1. The van der Waals surface area contributed by atoms with Gasteiger partial charge in [-0.3, -0.25) is 9.88 Å². The van der Waals surface area contributed by atoms with Crippen molar-refractivity contribution in [1.82, 2.24) is 9.88 Å². The van der Waals surface area contributed by atoms with Gasteiger partial charge in [-0.15, -0.1) is 0 Å². The number of carboxylic acid groups (broad SMARTS) is 1. The second-order valence-corrected chi connectivity index (χ2v) is 8.54. The highest BCUT2D eigenvalue weighted by molar-refractivity contribution is 5.95. The van der Waals surface area contributed by atoms with Crippen LogP contribution in [0.3, 0.4) is 0 Å². The molecule has 0 atom stereocenters. The second-order valence-electron chi connectivity index (χ2n) is 8.54. The van der Waals surface area contributed by atoms with Gasteiger partial charge in [-0.1, -0.05) is 6.07 Å². The molecular formula is C22H25N3O4. The number of carbonyl (C=O) groups excluding carboxylic acids is 1. The number of anilines is 1. The molecule has 0 radical (unpaired) electrons. The summed E-state index contributed by atoms with van der Waals surface area (Å²) in [5.74, 6) is -0.535. The van der Waals surface area contributed by atoms with Crippen molar-refractivity contribution in [2.24, 2.45) is 0 Å². The first-order chi connectivity index (χ1) is 13.7. The van der Waals surface area contributed by atoms with E-state index < -0.39 is 11.6 Å². The number of nitrogens with zero attached hydrogens (tertiary/aromatic N) is 3. The normalized spacial score (nSPS) is 16.9. The monoisotopic (exact) mass is 395 g/mol. The quantitative estimate of drug-likeness (QED) is 0.832. The van der Waals surface area contributed by atoms with Gasteiger partial charge >= 0.3 is 12.1 Å². The lowest BCUT2D eigenvalue weighted by molar-refractivity contribution is 0.0333. The lowest BCUT2D eigenvalue weighted by Gasteiger charge is -2.32. The van der Waals surface area contributed by atoms with Crippen LogP contribution in [0, 0.1) is 0 Å². The van der Waals surface area contributed by atoms with Gasteiger partial charge in [0.25, 0.3) is 0 Å². The molecular weight excluding hydrogens is 370 g/mol. The Morgan fingerprint density at radius 3 is 2.52 bits per heavy atom. The van der Waals surface area contributed by atoms with Crippen LogP contribution in [0.5, 0.6) is 0 Å². The summed E-state index contributed by atoms with van der Waals surface area (Å²) in [6.07, 6.45) is 6.94. The van der Waals surface area contributed by atoms with Crippen LogP contribution < -0.4 is 4.90 Å². The van der Waals surface area contributed by atoms with Crippen molar-refractivity contribution in [3.8, 4) is 0 Å². The summed E-state index contributed by atoms with van der Waals surface area (Å²) in [4.78, 5) is 31.7. The number of rotatable bonds is 3. The molecule has 7 heteroatoms. The van der Waals surface area contributed by atoms with E-state index in [0.717, 1.165) is 35.0 Å². The number of hydrogen-bond acceptors (Lipinski definition) is 5. The number of amides is 1. The van der Waals surface area contributed by atoms with Crippen LogP contribution in [-0.2, 0) is 4.74 Å². The summed E-state index contributed by atoms with van der Waals surface area (Å²) in [5, 5.41) is 10.1. The van der Waals surface area contributed by atoms with Gasteiger partial charge < -0.3 is 14.7 Å². The fourth-order valence-electron chi connectivity index (χ4n) is 3.55. The maximum absolute atomic E-state index is 12.3. The van der Waals surface area contributed by atoms with Crippen molar-refractivity contribution in [3.63, 3.8) is 0 Å². The highest BCUT2D eigenvalue weighted by atomic mass is 16.6. The first kappa shape index (κ1) is 19.2. The molecule has 0 unspecified atom stereocenters. The Kier molecular flexibility index (Phi) is 4.68. The van der Waals surface area contributed by atoms with Crippen molar-refractivity contribution in [1.29, 1.82) is 0 Å². The topological polar surface area (TPSA) is 83.0 Å². The molecule has 1 aliphatic heterocycles. The fraction of sp³-hybridized carbons (Fsp3) is 0.409. The lowest BCUT2D eigenvalue weighted by atomic mass is 10.0. The van der Waals surface area contributed by atoms with Gasteiger partial charge in [0.1, 0.15) is 5.60 Å². The Labute approximate surface area is 169 Å². The molecule has 1 fully saturated rings. The maximum Gasteiger partial charge on any atom is 0.414 e. The first-order valence-electron chi connectivity index (χ1n) is 9.83. The number of hydrogen-bond donors (Lipinski definition) is 1. The molecule has 1 saturated carbocycles. The van der Waals surface area contributed by atoms with Crippen LogP contribution in [0.2, 0.25) is 0 Å². The Bertz CT molecular complexity index is 1010. The zero-order valence-electron chi connectivity index (χ0n) is 16.9. The predicted octanol–water partition coefficient (Wildman–Crippen LogP) is 4.34. The van der Waals surface area contributed by atoms with E-state index in [9.17, 15) is 14.7 Å². The number of fused-ring (bicyclic) bond motifs is 1. The molecule has 2 aliphatic rings. The Morgan fingerprint density at radius 1 is 1.17 bits per heavy atom. The molecule has 7 nitrogen and oxygen atoms in total. The molecule has 2 heterocycles. The van der Waals surface area contributed by atoms with Crippen LogP contribution >= 0.6 is 0 Å². The minimum atomic E-state index is -0.974. The Morgan fingerprint density at radius 2 is 1.93 bits per heavy atom. The van der Waals surface area contributed by atoms with E-state index in [1.54, 1.807) is 17.2 Å². The molecule has 1 aromatic carbocycles. The Balaban J connectivity index is 1.64. The van der Waals surface area contributed by atoms with E-state index in [1.165, 1.54) is 6.20 Å². The molecule has 29 heavy (non-hydrogen) atoms. The van der Waals surface area contributed by atoms with Gasteiger partial charge in [0.2, 0.25) is 0 Å². The molecule has 1 amide bonds.